The van der Waals surface area contributed by atoms with Crippen molar-refractivity contribution in [1.82, 2.24) is 9.55 Å². The molecule has 32 heavy (non-hydrogen) atoms. The van der Waals surface area contributed by atoms with Crippen molar-refractivity contribution < 1.29 is 0 Å². The maximum atomic E-state index is 13.2. The molecule has 0 amide bonds. The topological polar surface area (TPSA) is 109 Å². The van der Waals surface area contributed by atoms with Crippen LogP contribution in [0.2, 0.25) is 5.02 Å². The number of nitrogens with one attached hydrogen (secondary N) is 2. The van der Waals surface area contributed by atoms with Crippen LogP contribution in [0.3, 0.4) is 0 Å². The van der Waals surface area contributed by atoms with Crippen molar-refractivity contribution >= 4 is 39.6 Å². The van der Waals surface area contributed by atoms with E-state index in [1.54, 1.807) is 23.7 Å². The van der Waals surface area contributed by atoms with Gasteiger partial charge in [0.15, 0.2) is 0 Å². The molecule has 8 heteroatoms. The van der Waals surface area contributed by atoms with Gasteiger partial charge in [0, 0.05) is 18.2 Å². The van der Waals surface area contributed by atoms with E-state index in [1.807, 2.05) is 56.3 Å². The quantitative estimate of drug-likeness (QED) is 0.258. The Hall–Kier alpha value is -3.71. The molecule has 0 aliphatic carbocycles. The van der Waals surface area contributed by atoms with E-state index in [1.165, 1.54) is 0 Å². The van der Waals surface area contributed by atoms with Crippen molar-refractivity contribution in [1.29, 1.82) is 5.53 Å². The van der Waals surface area contributed by atoms with Gasteiger partial charge in [-0.2, -0.15) is 5.11 Å². The van der Waals surface area contributed by atoms with E-state index in [4.69, 9.17) is 27.8 Å². The van der Waals surface area contributed by atoms with E-state index in [-0.39, 0.29) is 17.3 Å². The van der Waals surface area contributed by atoms with E-state index in [0.717, 1.165) is 16.7 Å². The average molecular weight is 447 g/mol. The molecule has 0 bridgehead atoms. The summed E-state index contributed by atoms with van der Waals surface area (Å²) in [5.74, 6) is 0.599. The molecule has 1 heterocycles. The van der Waals surface area contributed by atoms with Crippen molar-refractivity contribution in [3.8, 4) is 11.4 Å². The zero-order valence-corrected chi connectivity index (χ0v) is 18.7. The van der Waals surface area contributed by atoms with Crippen molar-refractivity contribution in [2.24, 2.45) is 12.2 Å². The monoisotopic (exact) mass is 446 g/mol. The third kappa shape index (κ3) is 3.71. The van der Waals surface area contributed by atoms with Gasteiger partial charge >= 0.3 is 0 Å². The lowest BCUT2D eigenvalue weighted by Crippen LogP contribution is -2.21. The number of nitrogens with two attached hydrogens (primary N) is 1. The summed E-state index contributed by atoms with van der Waals surface area (Å²) < 4.78 is 1.58. The second-order valence-corrected chi connectivity index (χ2v) is 8.16. The lowest BCUT2D eigenvalue weighted by Gasteiger charge is -2.21. The smallest absolute Gasteiger partial charge is 0.261 e. The molecule has 7 nitrogen and oxygen atoms in total. The third-order valence-electron chi connectivity index (χ3n) is 5.50. The molecule has 0 saturated carbocycles. The summed E-state index contributed by atoms with van der Waals surface area (Å²) in [7, 11) is 1.74. The normalized spacial score (nSPS) is 12.0. The second-order valence-electron chi connectivity index (χ2n) is 7.75. The van der Waals surface area contributed by atoms with E-state index >= 15 is 0 Å². The van der Waals surface area contributed by atoms with Crippen LogP contribution >= 0.6 is 11.6 Å². The zero-order valence-electron chi connectivity index (χ0n) is 18.0. The molecule has 0 fully saturated rings. The summed E-state index contributed by atoms with van der Waals surface area (Å²) in [5.41, 5.74) is 17.9. The zero-order chi connectivity index (χ0) is 23.0. The fraction of sp³-hybridized carbons (Fsp3) is 0.167. The highest BCUT2D eigenvalue weighted by Gasteiger charge is 2.19. The van der Waals surface area contributed by atoms with Gasteiger partial charge in [-0.25, -0.2) is 10.5 Å². The fourth-order valence-corrected chi connectivity index (χ4v) is 4.07. The summed E-state index contributed by atoms with van der Waals surface area (Å²) >= 11 is 6.09. The third-order valence-corrected chi connectivity index (χ3v) is 5.81. The Morgan fingerprint density at radius 2 is 1.91 bits per heavy atom. The lowest BCUT2D eigenvalue weighted by atomic mass is 10.0. The number of halogens is 1. The highest BCUT2D eigenvalue weighted by Crippen LogP contribution is 2.38. The molecule has 0 aliphatic heterocycles. The Morgan fingerprint density at radius 3 is 2.59 bits per heavy atom. The lowest BCUT2D eigenvalue weighted by molar-refractivity contribution is 0.845. The summed E-state index contributed by atoms with van der Waals surface area (Å²) in [6, 6.07) is 16.7. The highest BCUT2D eigenvalue weighted by molar-refractivity contribution is 6.33. The van der Waals surface area contributed by atoms with Gasteiger partial charge in [0.25, 0.3) is 5.56 Å². The Balaban J connectivity index is 1.88. The standard InChI is InChI=1S/C24H23ClN6O/c1-13-11-16(14(2)28-19-10-9-18(25)22(30-27)20(19)26)21-17(12-13)24(32)31(3)23(29-21)15-7-5-4-6-8-15/h4-12,14,27-28H,26H2,1-3H3. The maximum absolute atomic E-state index is 13.2. The van der Waals surface area contributed by atoms with Gasteiger partial charge in [-0.05, 0) is 37.6 Å². The molecule has 0 saturated heterocycles. The molecule has 0 radical (unpaired) electrons. The number of hydrogen-bond donors (Lipinski definition) is 3. The van der Waals surface area contributed by atoms with Gasteiger partial charge in [-0.3, -0.25) is 9.36 Å². The minimum absolute atomic E-state index is 0.104. The molecule has 1 aromatic heterocycles. The SMILES string of the molecule is Cc1cc(C(C)Nc2ccc(Cl)c(N=N)c2N)c2nc(-c3ccccc3)n(C)c(=O)c2c1. The average Bonchev–Trinajstić information content (AvgIpc) is 2.79. The predicted molar refractivity (Wildman–Crippen MR) is 130 cm³/mol. The molecule has 4 rings (SSSR count). The summed E-state index contributed by atoms with van der Waals surface area (Å²) in [5, 5.41) is 7.67. The first kappa shape index (κ1) is 21.5. The number of aryl methyl sites for hydroxylation is 1. The minimum Gasteiger partial charge on any atom is -0.395 e. The molecule has 0 spiro atoms. The van der Waals surface area contributed by atoms with Gasteiger partial charge in [-0.1, -0.05) is 48.0 Å². The number of anilines is 2. The Morgan fingerprint density at radius 1 is 1.19 bits per heavy atom. The molecule has 3 aromatic carbocycles. The molecular formula is C24H23ClN6O. The molecule has 162 valence electrons. The molecular weight excluding hydrogens is 424 g/mol. The van der Waals surface area contributed by atoms with E-state index < -0.39 is 0 Å². The number of aromatic nitrogens is 2. The van der Waals surface area contributed by atoms with Gasteiger partial charge in [0.1, 0.15) is 11.5 Å². The largest absolute Gasteiger partial charge is 0.395 e. The minimum atomic E-state index is -0.234. The number of nitrogens with zero attached hydrogens (tertiary/aromatic N) is 3. The van der Waals surface area contributed by atoms with Crippen LogP contribution in [0, 0.1) is 12.5 Å². The maximum Gasteiger partial charge on any atom is 0.261 e. The molecule has 0 aliphatic rings. The van der Waals surface area contributed by atoms with Crippen LogP contribution in [0.25, 0.3) is 22.3 Å². The van der Waals surface area contributed by atoms with E-state index in [0.29, 0.717) is 33.1 Å². The van der Waals surface area contributed by atoms with Gasteiger partial charge in [0.05, 0.1) is 33.3 Å². The number of rotatable bonds is 5. The van der Waals surface area contributed by atoms with E-state index in [2.05, 4.69) is 10.4 Å². The van der Waals surface area contributed by atoms with Crippen molar-refractivity contribution in [2.45, 2.75) is 19.9 Å². The van der Waals surface area contributed by atoms with Crippen LogP contribution in [0.1, 0.15) is 24.1 Å². The number of nitrogen functional groups attached to an aromatic ring is 1. The second kappa shape index (κ2) is 8.43. The van der Waals surface area contributed by atoms with Gasteiger partial charge < -0.3 is 11.1 Å². The summed E-state index contributed by atoms with van der Waals surface area (Å²) in [6.07, 6.45) is 0. The van der Waals surface area contributed by atoms with Crippen LogP contribution in [0.4, 0.5) is 17.1 Å². The van der Waals surface area contributed by atoms with Crippen molar-refractivity contribution in [3.63, 3.8) is 0 Å². The first-order valence-electron chi connectivity index (χ1n) is 10.1. The van der Waals surface area contributed by atoms with Crippen LogP contribution in [-0.2, 0) is 7.05 Å². The van der Waals surface area contributed by atoms with Crippen LogP contribution in [-0.4, -0.2) is 9.55 Å². The fourth-order valence-electron chi connectivity index (χ4n) is 3.86. The van der Waals surface area contributed by atoms with Gasteiger partial charge in [0.2, 0.25) is 0 Å². The molecule has 1 atom stereocenters. The predicted octanol–water partition coefficient (Wildman–Crippen LogP) is 5.98. The number of hydrogen-bond acceptors (Lipinski definition) is 6. The first-order valence-corrected chi connectivity index (χ1v) is 10.5. The Kier molecular flexibility index (Phi) is 5.67. The Labute approximate surface area is 190 Å². The summed E-state index contributed by atoms with van der Waals surface area (Å²) in [4.78, 5) is 18.1. The van der Waals surface area contributed by atoms with Crippen LogP contribution in [0.15, 0.2) is 64.5 Å². The molecule has 1 unspecified atom stereocenters. The Bertz CT molecular complexity index is 1400. The number of fused-ring (bicyclic) bond motifs is 1. The highest BCUT2D eigenvalue weighted by atomic mass is 35.5. The molecule has 4 N–H and O–H groups in total. The molecule has 4 aromatic rings. The van der Waals surface area contributed by atoms with Crippen molar-refractivity contribution in [2.75, 3.05) is 11.1 Å². The van der Waals surface area contributed by atoms with Crippen molar-refractivity contribution in [3.05, 3.63) is 81.1 Å². The number of benzene rings is 3. The van der Waals surface area contributed by atoms with Crippen LogP contribution < -0.4 is 16.6 Å². The van der Waals surface area contributed by atoms with E-state index in [9.17, 15) is 4.79 Å². The first-order chi connectivity index (χ1) is 15.3. The van der Waals surface area contributed by atoms with Gasteiger partial charge in [-0.15, -0.1) is 0 Å². The van der Waals surface area contributed by atoms with Crippen LogP contribution in [0.5, 0.6) is 0 Å². The summed E-state index contributed by atoms with van der Waals surface area (Å²) in [6.45, 7) is 3.93.